The minimum atomic E-state index is 0.682. The van der Waals surface area contributed by atoms with Crippen molar-refractivity contribution in [3.05, 3.63) is 194 Å². The topological polar surface area (TPSA) is 38.9 Å². The highest BCUT2D eigenvalue weighted by Crippen LogP contribution is 2.41. The summed E-state index contributed by atoms with van der Waals surface area (Å²) in [5.74, 6) is 0.682. The van der Waals surface area contributed by atoms with Gasteiger partial charge in [-0.3, -0.25) is 0 Å². The van der Waals surface area contributed by atoms with E-state index in [4.69, 9.17) is 14.4 Å². The van der Waals surface area contributed by atoms with Crippen LogP contribution in [0.25, 0.3) is 100.0 Å². The van der Waals surface area contributed by atoms with Crippen molar-refractivity contribution < 1.29 is 4.42 Å². The van der Waals surface area contributed by atoms with Gasteiger partial charge in [-0.1, -0.05) is 152 Å². The standard InChI is InChI=1S/C50H32N2O/c1-3-15-34(16-4-1)41-20-9-10-21-43(41)46-32-45(51-50(52-46)35-17-5-2-6-18-35)40-30-38(37-27-26-33-14-7-8-19-36(33)28-37)29-39(31-40)42-23-13-25-48-49(42)44-22-11-12-24-47(44)53-48/h1-32H. The number of fused-ring (bicyclic) bond motifs is 4. The molecular weight excluding hydrogens is 645 g/mol. The molecule has 53 heavy (non-hydrogen) atoms. The number of hydrogen-bond donors (Lipinski definition) is 0. The fourth-order valence-corrected chi connectivity index (χ4v) is 7.51. The fraction of sp³-hybridized carbons (Fsp3) is 0. The summed E-state index contributed by atoms with van der Waals surface area (Å²) in [5.41, 5.74) is 13.2. The van der Waals surface area contributed by atoms with Crippen LogP contribution in [0.15, 0.2) is 199 Å². The van der Waals surface area contributed by atoms with Gasteiger partial charge in [0.15, 0.2) is 5.82 Å². The maximum absolute atomic E-state index is 6.35. The highest BCUT2D eigenvalue weighted by Gasteiger charge is 2.18. The quantitative estimate of drug-likeness (QED) is 0.176. The van der Waals surface area contributed by atoms with E-state index in [-0.39, 0.29) is 0 Å². The summed E-state index contributed by atoms with van der Waals surface area (Å²) in [6.45, 7) is 0. The fourth-order valence-electron chi connectivity index (χ4n) is 7.51. The van der Waals surface area contributed by atoms with E-state index in [1.807, 2.05) is 30.3 Å². The first-order chi connectivity index (χ1) is 26.2. The van der Waals surface area contributed by atoms with Crippen molar-refractivity contribution in [1.82, 2.24) is 9.97 Å². The smallest absolute Gasteiger partial charge is 0.160 e. The molecule has 0 aliphatic carbocycles. The highest BCUT2D eigenvalue weighted by molar-refractivity contribution is 6.12. The predicted molar refractivity (Wildman–Crippen MR) is 219 cm³/mol. The molecule has 8 aromatic carbocycles. The summed E-state index contributed by atoms with van der Waals surface area (Å²) < 4.78 is 6.35. The van der Waals surface area contributed by atoms with E-state index in [1.54, 1.807) is 0 Å². The molecule has 0 unspecified atom stereocenters. The summed E-state index contributed by atoms with van der Waals surface area (Å²) in [6, 6.07) is 68.1. The second-order valence-electron chi connectivity index (χ2n) is 13.4. The van der Waals surface area contributed by atoms with Crippen molar-refractivity contribution in [3.8, 4) is 67.3 Å². The molecule has 0 bridgehead atoms. The maximum Gasteiger partial charge on any atom is 0.160 e. The minimum absolute atomic E-state index is 0.682. The van der Waals surface area contributed by atoms with Crippen molar-refractivity contribution in [2.45, 2.75) is 0 Å². The zero-order valence-corrected chi connectivity index (χ0v) is 28.8. The number of para-hydroxylation sites is 1. The van der Waals surface area contributed by atoms with Gasteiger partial charge >= 0.3 is 0 Å². The third kappa shape index (κ3) is 5.65. The number of benzene rings is 8. The summed E-state index contributed by atoms with van der Waals surface area (Å²) >= 11 is 0. The van der Waals surface area contributed by atoms with E-state index in [2.05, 4.69) is 164 Å². The van der Waals surface area contributed by atoms with E-state index >= 15 is 0 Å². The van der Waals surface area contributed by atoms with Crippen molar-refractivity contribution >= 4 is 32.7 Å². The Bertz CT molecular complexity index is 2950. The molecule has 3 heteroatoms. The van der Waals surface area contributed by atoms with E-state index in [9.17, 15) is 0 Å². The van der Waals surface area contributed by atoms with Crippen molar-refractivity contribution in [3.63, 3.8) is 0 Å². The first-order valence-corrected chi connectivity index (χ1v) is 17.9. The number of rotatable bonds is 6. The van der Waals surface area contributed by atoms with E-state index < -0.39 is 0 Å². The van der Waals surface area contributed by atoms with Crippen LogP contribution in [0.4, 0.5) is 0 Å². The molecule has 10 aromatic rings. The van der Waals surface area contributed by atoms with Crippen molar-refractivity contribution in [2.75, 3.05) is 0 Å². The molecule has 0 spiro atoms. The Hall–Kier alpha value is -7.10. The Morgan fingerprint density at radius 3 is 1.79 bits per heavy atom. The molecular formula is C50H32N2O. The van der Waals surface area contributed by atoms with Crippen molar-refractivity contribution in [1.29, 1.82) is 0 Å². The van der Waals surface area contributed by atoms with E-state index in [1.165, 1.54) is 10.8 Å². The van der Waals surface area contributed by atoms with Gasteiger partial charge in [0.25, 0.3) is 0 Å². The van der Waals surface area contributed by atoms with Crippen LogP contribution in [0.3, 0.4) is 0 Å². The van der Waals surface area contributed by atoms with Gasteiger partial charge in [0, 0.05) is 27.5 Å². The normalized spacial score (nSPS) is 11.4. The van der Waals surface area contributed by atoms with Crippen LogP contribution in [0.1, 0.15) is 0 Å². The number of furan rings is 1. The van der Waals surface area contributed by atoms with Gasteiger partial charge in [0.05, 0.1) is 11.4 Å². The molecule has 0 N–H and O–H groups in total. The lowest BCUT2D eigenvalue weighted by molar-refractivity contribution is 0.669. The summed E-state index contributed by atoms with van der Waals surface area (Å²) in [7, 11) is 0. The van der Waals surface area contributed by atoms with Gasteiger partial charge in [-0.15, -0.1) is 0 Å². The second kappa shape index (κ2) is 12.9. The molecule has 0 saturated carbocycles. The Morgan fingerprint density at radius 1 is 0.321 bits per heavy atom. The number of aromatic nitrogens is 2. The SMILES string of the molecule is c1ccc(-c2nc(-c3cc(-c4ccc5ccccc5c4)cc(-c4cccc5oc6ccccc6c45)c3)cc(-c3ccccc3-c3ccccc3)n2)cc1. The summed E-state index contributed by atoms with van der Waals surface area (Å²) in [5, 5.41) is 4.62. The highest BCUT2D eigenvalue weighted by atomic mass is 16.3. The molecule has 3 nitrogen and oxygen atoms in total. The molecule has 2 heterocycles. The molecule has 0 radical (unpaired) electrons. The monoisotopic (exact) mass is 676 g/mol. The zero-order valence-electron chi connectivity index (χ0n) is 28.8. The lowest BCUT2D eigenvalue weighted by Gasteiger charge is -2.15. The van der Waals surface area contributed by atoms with Crippen LogP contribution in [-0.4, -0.2) is 9.97 Å². The van der Waals surface area contributed by atoms with Crippen LogP contribution >= 0.6 is 0 Å². The molecule has 0 aliphatic rings. The Labute approximate surface area is 307 Å². The first-order valence-electron chi connectivity index (χ1n) is 17.9. The van der Waals surface area contributed by atoms with Crippen LogP contribution in [-0.2, 0) is 0 Å². The van der Waals surface area contributed by atoms with Crippen LogP contribution in [0.5, 0.6) is 0 Å². The van der Waals surface area contributed by atoms with E-state index in [0.29, 0.717) is 5.82 Å². The average molecular weight is 677 g/mol. The molecule has 0 fully saturated rings. The Balaban J connectivity index is 1.24. The first kappa shape index (κ1) is 30.7. The van der Waals surface area contributed by atoms with Gasteiger partial charge in [0.2, 0.25) is 0 Å². The lowest BCUT2D eigenvalue weighted by Crippen LogP contribution is -1.97. The lowest BCUT2D eigenvalue weighted by atomic mass is 9.91. The largest absolute Gasteiger partial charge is 0.456 e. The zero-order chi connectivity index (χ0) is 35.1. The molecule has 248 valence electrons. The van der Waals surface area contributed by atoms with Gasteiger partial charge in [-0.25, -0.2) is 9.97 Å². The number of nitrogens with zero attached hydrogens (tertiary/aromatic N) is 2. The second-order valence-corrected chi connectivity index (χ2v) is 13.4. The third-order valence-corrected chi connectivity index (χ3v) is 10.1. The predicted octanol–water partition coefficient (Wildman–Crippen LogP) is 13.5. The maximum atomic E-state index is 6.35. The molecule has 0 saturated heterocycles. The van der Waals surface area contributed by atoms with Crippen molar-refractivity contribution in [2.24, 2.45) is 0 Å². The average Bonchev–Trinajstić information content (AvgIpc) is 3.63. The molecule has 0 atom stereocenters. The minimum Gasteiger partial charge on any atom is -0.456 e. The summed E-state index contributed by atoms with van der Waals surface area (Å²) in [4.78, 5) is 10.5. The molecule has 0 aliphatic heterocycles. The molecule has 0 amide bonds. The molecule has 2 aromatic heterocycles. The van der Waals surface area contributed by atoms with E-state index in [0.717, 1.165) is 83.4 Å². The van der Waals surface area contributed by atoms with Crippen LogP contribution in [0.2, 0.25) is 0 Å². The van der Waals surface area contributed by atoms with Crippen LogP contribution in [0, 0.1) is 0 Å². The van der Waals surface area contributed by atoms with Gasteiger partial charge in [-0.05, 0) is 86.6 Å². The van der Waals surface area contributed by atoms with Gasteiger partial charge in [-0.2, -0.15) is 0 Å². The Morgan fingerprint density at radius 2 is 0.943 bits per heavy atom. The summed E-state index contributed by atoms with van der Waals surface area (Å²) in [6.07, 6.45) is 0. The van der Waals surface area contributed by atoms with Crippen LogP contribution < -0.4 is 0 Å². The Kier molecular flexibility index (Phi) is 7.47. The molecule has 10 rings (SSSR count). The van der Waals surface area contributed by atoms with Gasteiger partial charge < -0.3 is 4.42 Å². The van der Waals surface area contributed by atoms with Gasteiger partial charge in [0.1, 0.15) is 11.2 Å². The number of hydrogen-bond acceptors (Lipinski definition) is 3. The third-order valence-electron chi connectivity index (χ3n) is 10.1.